The number of ether oxygens (including phenoxy) is 1. The van der Waals surface area contributed by atoms with Crippen LogP contribution in [-0.2, 0) is 4.74 Å². The van der Waals surface area contributed by atoms with E-state index in [9.17, 15) is 5.11 Å². The van der Waals surface area contributed by atoms with Gasteiger partial charge < -0.3 is 9.84 Å². The van der Waals surface area contributed by atoms with Gasteiger partial charge in [0, 0.05) is 12.6 Å². The smallest absolute Gasteiger partial charge is 0.126 e. The zero-order valence-electron chi connectivity index (χ0n) is 13.3. The van der Waals surface area contributed by atoms with Crippen LogP contribution in [0.1, 0.15) is 77.1 Å². The molecule has 0 aliphatic heterocycles. The lowest BCUT2D eigenvalue weighted by atomic mass is 9.86. The third-order valence-electron chi connectivity index (χ3n) is 4.42. The van der Waals surface area contributed by atoms with E-state index in [1.165, 1.54) is 12.8 Å². The van der Waals surface area contributed by atoms with Gasteiger partial charge in [0.2, 0.25) is 0 Å². The van der Waals surface area contributed by atoms with Crippen LogP contribution >= 0.6 is 15.9 Å². The van der Waals surface area contributed by atoms with Gasteiger partial charge in [-0.1, -0.05) is 25.7 Å². The maximum Gasteiger partial charge on any atom is 0.126 e. The van der Waals surface area contributed by atoms with E-state index in [1.807, 2.05) is 11.6 Å². The predicted octanol–water partition coefficient (Wildman–Crippen LogP) is 4.39. The van der Waals surface area contributed by atoms with Crippen molar-refractivity contribution in [3.05, 3.63) is 16.4 Å². The Morgan fingerprint density at radius 2 is 1.95 bits per heavy atom. The van der Waals surface area contributed by atoms with Gasteiger partial charge in [0.05, 0.1) is 22.0 Å². The van der Waals surface area contributed by atoms with E-state index in [0.29, 0.717) is 6.61 Å². The molecule has 1 N–H and O–H groups in total. The first kappa shape index (κ1) is 17.0. The Hall–Kier alpha value is -0.390. The third-order valence-corrected chi connectivity index (χ3v) is 5.03. The summed E-state index contributed by atoms with van der Waals surface area (Å²) < 4.78 is 8.88. The van der Waals surface area contributed by atoms with Crippen LogP contribution < -0.4 is 0 Å². The number of halogens is 1. The monoisotopic (exact) mass is 358 g/mol. The van der Waals surface area contributed by atoms with Crippen LogP contribution in [0.25, 0.3) is 0 Å². The van der Waals surface area contributed by atoms with E-state index in [-0.39, 0.29) is 6.04 Å². The standard InChI is InChI=1S/C16H27BrN2O2/c1-4-21-16(9-7-5-6-8-10-16)15(20)14-13(17)11-18-19(14)12(2)3/h11-12,15,20H,4-10H2,1-3H3. The molecule has 120 valence electrons. The summed E-state index contributed by atoms with van der Waals surface area (Å²) in [6.45, 7) is 6.80. The van der Waals surface area contributed by atoms with E-state index in [4.69, 9.17) is 4.74 Å². The molecule has 1 heterocycles. The minimum Gasteiger partial charge on any atom is -0.384 e. The molecule has 0 spiro atoms. The number of hydrogen-bond donors (Lipinski definition) is 1. The van der Waals surface area contributed by atoms with Crippen LogP contribution in [0.2, 0.25) is 0 Å². The summed E-state index contributed by atoms with van der Waals surface area (Å²) in [4.78, 5) is 0. The summed E-state index contributed by atoms with van der Waals surface area (Å²) in [5.41, 5.74) is 0.376. The minimum atomic E-state index is -0.644. The predicted molar refractivity (Wildman–Crippen MR) is 87.3 cm³/mol. The molecule has 0 aromatic carbocycles. The van der Waals surface area contributed by atoms with Gasteiger partial charge in [0.15, 0.2) is 0 Å². The number of aliphatic hydroxyl groups excluding tert-OH is 1. The van der Waals surface area contributed by atoms with Gasteiger partial charge in [-0.15, -0.1) is 0 Å². The lowest BCUT2D eigenvalue weighted by molar-refractivity contribution is -0.134. The van der Waals surface area contributed by atoms with Crippen molar-refractivity contribution in [2.75, 3.05) is 6.61 Å². The Labute approximate surface area is 136 Å². The van der Waals surface area contributed by atoms with Crippen molar-refractivity contribution in [2.24, 2.45) is 0 Å². The minimum absolute atomic E-state index is 0.213. The number of rotatable bonds is 5. The van der Waals surface area contributed by atoms with Crippen molar-refractivity contribution in [3.63, 3.8) is 0 Å². The van der Waals surface area contributed by atoms with Crippen molar-refractivity contribution in [3.8, 4) is 0 Å². The molecule has 1 saturated carbocycles. The Kier molecular flexibility index (Phi) is 5.86. The molecule has 1 atom stereocenters. The van der Waals surface area contributed by atoms with Crippen molar-refractivity contribution in [1.29, 1.82) is 0 Å². The molecular weight excluding hydrogens is 332 g/mol. The first-order valence-electron chi connectivity index (χ1n) is 8.06. The average molecular weight is 359 g/mol. The number of aliphatic hydroxyl groups is 1. The molecule has 0 radical (unpaired) electrons. The maximum absolute atomic E-state index is 11.1. The van der Waals surface area contributed by atoms with Gasteiger partial charge in [0.25, 0.3) is 0 Å². The summed E-state index contributed by atoms with van der Waals surface area (Å²) in [6, 6.07) is 0.213. The Balaban J connectivity index is 2.38. The lowest BCUT2D eigenvalue weighted by Gasteiger charge is -2.38. The van der Waals surface area contributed by atoms with E-state index in [0.717, 1.165) is 35.8 Å². The van der Waals surface area contributed by atoms with Gasteiger partial charge in [-0.25, -0.2) is 0 Å². The van der Waals surface area contributed by atoms with E-state index in [1.54, 1.807) is 6.20 Å². The quantitative estimate of drug-likeness (QED) is 0.794. The fourth-order valence-corrected chi connectivity index (χ4v) is 3.87. The maximum atomic E-state index is 11.1. The second kappa shape index (κ2) is 7.25. The van der Waals surface area contributed by atoms with Crippen LogP contribution in [0.5, 0.6) is 0 Å². The van der Waals surface area contributed by atoms with Gasteiger partial charge in [-0.2, -0.15) is 5.10 Å². The number of nitrogens with zero attached hydrogens (tertiary/aromatic N) is 2. The zero-order valence-corrected chi connectivity index (χ0v) is 14.9. The molecule has 1 aliphatic carbocycles. The molecule has 0 amide bonds. The molecule has 4 nitrogen and oxygen atoms in total. The van der Waals surface area contributed by atoms with Gasteiger partial charge in [0.1, 0.15) is 6.10 Å². The average Bonchev–Trinajstić information content (AvgIpc) is 2.68. The van der Waals surface area contributed by atoms with Crippen LogP contribution in [0, 0.1) is 0 Å². The van der Waals surface area contributed by atoms with Crippen LogP contribution in [-0.4, -0.2) is 27.1 Å². The highest BCUT2D eigenvalue weighted by Gasteiger charge is 2.42. The SMILES string of the molecule is CCOC1(C(O)c2c(Br)cnn2C(C)C)CCCCCC1. The van der Waals surface area contributed by atoms with Crippen molar-refractivity contribution in [2.45, 2.75) is 77.0 Å². The van der Waals surface area contributed by atoms with Crippen molar-refractivity contribution >= 4 is 15.9 Å². The molecule has 0 bridgehead atoms. The highest BCUT2D eigenvalue weighted by molar-refractivity contribution is 9.10. The summed E-state index contributed by atoms with van der Waals surface area (Å²) in [5.74, 6) is 0. The molecule has 0 saturated heterocycles. The highest BCUT2D eigenvalue weighted by atomic mass is 79.9. The molecule has 1 unspecified atom stereocenters. The van der Waals surface area contributed by atoms with E-state index >= 15 is 0 Å². The first-order chi connectivity index (χ1) is 10.0. The Morgan fingerprint density at radius 3 is 2.48 bits per heavy atom. The summed E-state index contributed by atoms with van der Waals surface area (Å²) in [6.07, 6.45) is 7.65. The van der Waals surface area contributed by atoms with Crippen LogP contribution in [0.3, 0.4) is 0 Å². The zero-order chi connectivity index (χ0) is 15.5. The summed E-state index contributed by atoms with van der Waals surface area (Å²) in [7, 11) is 0. The molecule has 1 aliphatic rings. The van der Waals surface area contributed by atoms with Crippen molar-refractivity contribution < 1.29 is 9.84 Å². The molecule has 1 aromatic rings. The Morgan fingerprint density at radius 1 is 1.33 bits per heavy atom. The fourth-order valence-electron chi connectivity index (χ4n) is 3.38. The third kappa shape index (κ3) is 3.51. The van der Waals surface area contributed by atoms with Gasteiger partial charge >= 0.3 is 0 Å². The van der Waals surface area contributed by atoms with E-state index < -0.39 is 11.7 Å². The van der Waals surface area contributed by atoms with Crippen LogP contribution in [0.4, 0.5) is 0 Å². The number of aromatic nitrogens is 2. The van der Waals surface area contributed by atoms with E-state index in [2.05, 4.69) is 34.9 Å². The van der Waals surface area contributed by atoms with Gasteiger partial charge in [-0.05, 0) is 49.5 Å². The molecule has 5 heteroatoms. The first-order valence-corrected chi connectivity index (χ1v) is 8.86. The topological polar surface area (TPSA) is 47.3 Å². The Bertz CT molecular complexity index is 451. The van der Waals surface area contributed by atoms with Crippen molar-refractivity contribution in [1.82, 2.24) is 9.78 Å². The molecule has 1 aromatic heterocycles. The normalized spacial score (nSPS) is 20.5. The molecular formula is C16H27BrN2O2. The molecule has 21 heavy (non-hydrogen) atoms. The summed E-state index contributed by atoms with van der Waals surface area (Å²) >= 11 is 3.55. The molecule has 2 rings (SSSR count). The summed E-state index contributed by atoms with van der Waals surface area (Å²) in [5, 5.41) is 15.5. The largest absolute Gasteiger partial charge is 0.384 e. The van der Waals surface area contributed by atoms with Crippen LogP contribution in [0.15, 0.2) is 10.7 Å². The lowest BCUT2D eigenvalue weighted by Crippen LogP contribution is -2.40. The fraction of sp³-hybridized carbons (Fsp3) is 0.812. The highest BCUT2D eigenvalue weighted by Crippen LogP contribution is 2.42. The second-order valence-corrected chi connectivity index (χ2v) is 7.08. The van der Waals surface area contributed by atoms with Gasteiger partial charge in [-0.3, -0.25) is 4.68 Å². The molecule has 1 fully saturated rings. The second-order valence-electron chi connectivity index (χ2n) is 6.23. The number of hydrogen-bond acceptors (Lipinski definition) is 3.